The van der Waals surface area contributed by atoms with E-state index >= 15 is 0 Å². The molecule has 0 unspecified atom stereocenters. The second kappa shape index (κ2) is 8.95. The second-order valence-electron chi connectivity index (χ2n) is 10.2. The first-order chi connectivity index (χ1) is 17.3. The number of alkyl halides is 3. The molecule has 0 radical (unpaired) electrons. The van der Waals surface area contributed by atoms with Gasteiger partial charge in [-0.1, -0.05) is 0 Å². The first kappa shape index (κ1) is 25.9. The first-order valence-electron chi connectivity index (χ1n) is 12.3. The third kappa shape index (κ3) is 4.59. The van der Waals surface area contributed by atoms with Crippen molar-refractivity contribution in [2.24, 2.45) is 0 Å². The van der Waals surface area contributed by atoms with Crippen LogP contribution in [0.2, 0.25) is 0 Å². The third-order valence-corrected chi connectivity index (χ3v) is 9.46. The van der Waals surface area contributed by atoms with Crippen LogP contribution in [-0.2, 0) is 22.1 Å². The van der Waals surface area contributed by atoms with E-state index in [0.29, 0.717) is 37.2 Å². The van der Waals surface area contributed by atoms with Crippen LogP contribution in [0.5, 0.6) is 0 Å². The maximum absolute atomic E-state index is 13.2. The number of fused-ring (bicyclic) bond motifs is 2. The Balaban J connectivity index is 0.00000336. The summed E-state index contributed by atoms with van der Waals surface area (Å²) < 4.78 is 68.5. The Kier molecular flexibility index (Phi) is 6.27. The van der Waals surface area contributed by atoms with Crippen molar-refractivity contribution in [3.8, 4) is 0 Å². The maximum atomic E-state index is 13.2. The Labute approximate surface area is 214 Å². The van der Waals surface area contributed by atoms with Gasteiger partial charge in [0, 0.05) is 44.4 Å². The van der Waals surface area contributed by atoms with Crippen LogP contribution in [-0.4, -0.2) is 72.9 Å². The Morgan fingerprint density at radius 3 is 2.24 bits per heavy atom. The standard InChI is InChI=1S/C25H29F3N4O4S.H2/c1-16-15-32-20(22(33)25(26,27)28)9-10-21(32)24(30(16)2)11-13-31(14-12-24)23(34)17-3-7-19(8-4-17)37(35,36)29-18-5-6-18;/h3-4,7-10,16,18,29H,5-6,11-15H2,1-2H3;1H/t16-;/m0./s1. The van der Waals surface area contributed by atoms with Crippen LogP contribution in [0.1, 0.15) is 60.6 Å². The van der Waals surface area contributed by atoms with Crippen LogP contribution in [0.25, 0.3) is 0 Å². The summed E-state index contributed by atoms with van der Waals surface area (Å²) in [5.74, 6) is -2.08. The predicted octanol–water partition coefficient (Wildman–Crippen LogP) is 3.39. The number of rotatable bonds is 5. The molecular weight excluding hydrogens is 509 g/mol. The number of nitrogens with zero attached hydrogens (tertiary/aromatic N) is 3. The van der Waals surface area contributed by atoms with Crippen LogP contribution in [0.3, 0.4) is 0 Å². The fraction of sp³-hybridized carbons (Fsp3) is 0.520. The van der Waals surface area contributed by atoms with Gasteiger partial charge >= 0.3 is 6.18 Å². The van der Waals surface area contributed by atoms with E-state index in [9.17, 15) is 31.2 Å². The molecule has 8 nitrogen and oxygen atoms in total. The number of ketones is 1. The van der Waals surface area contributed by atoms with Gasteiger partial charge in [0.05, 0.1) is 16.1 Å². The molecule has 1 atom stereocenters. The van der Waals surface area contributed by atoms with Crippen molar-refractivity contribution >= 4 is 21.7 Å². The molecule has 0 bridgehead atoms. The molecule has 12 heteroatoms. The Morgan fingerprint density at radius 2 is 1.68 bits per heavy atom. The molecule has 202 valence electrons. The molecule has 1 amide bonds. The van der Waals surface area contributed by atoms with Crippen molar-refractivity contribution in [2.45, 2.75) is 67.8 Å². The van der Waals surface area contributed by atoms with Crippen LogP contribution in [0, 0.1) is 0 Å². The zero-order chi connectivity index (χ0) is 26.8. The number of aromatic nitrogens is 1. The lowest BCUT2D eigenvalue weighted by Crippen LogP contribution is -2.59. The predicted molar refractivity (Wildman–Crippen MR) is 131 cm³/mol. The number of carbonyl (C=O) groups is 2. The average molecular weight is 541 g/mol. The molecule has 1 saturated carbocycles. The number of nitrogens with one attached hydrogen (secondary N) is 1. The molecule has 1 saturated heterocycles. The number of carbonyl (C=O) groups excluding carboxylic acids is 2. The SMILES string of the molecule is C[C@H]1Cn2c(C(=O)C(F)(F)F)ccc2C2(CCN(C(=O)c3ccc(S(=O)(=O)NC4CC4)cc3)CC2)N1C.[HH]. The highest BCUT2D eigenvalue weighted by Gasteiger charge is 2.49. The fourth-order valence-electron chi connectivity index (χ4n) is 5.54. The van der Waals surface area contributed by atoms with Gasteiger partial charge < -0.3 is 9.47 Å². The minimum atomic E-state index is -4.95. The topological polar surface area (TPSA) is 91.7 Å². The van der Waals surface area contributed by atoms with Crippen molar-refractivity contribution in [3.63, 3.8) is 0 Å². The molecular formula is C25H31F3N4O4S. The molecule has 1 aliphatic carbocycles. The van der Waals surface area contributed by atoms with Crippen molar-refractivity contribution in [1.82, 2.24) is 19.1 Å². The number of halogens is 3. The second-order valence-corrected chi connectivity index (χ2v) is 12.0. The van der Waals surface area contributed by atoms with E-state index in [2.05, 4.69) is 9.62 Å². The van der Waals surface area contributed by atoms with Gasteiger partial charge in [0.2, 0.25) is 10.0 Å². The number of likely N-dealkylation sites (tertiary alicyclic amines) is 1. The highest BCUT2D eigenvalue weighted by molar-refractivity contribution is 7.89. The molecule has 2 fully saturated rings. The van der Waals surface area contributed by atoms with Crippen LogP contribution >= 0.6 is 0 Å². The van der Waals surface area contributed by atoms with Gasteiger partial charge in [-0.15, -0.1) is 0 Å². The zero-order valence-electron chi connectivity index (χ0n) is 20.6. The number of hydrogen-bond donors (Lipinski definition) is 1. The van der Waals surface area contributed by atoms with E-state index < -0.39 is 27.5 Å². The van der Waals surface area contributed by atoms with Gasteiger partial charge in [-0.25, -0.2) is 13.1 Å². The van der Waals surface area contributed by atoms with E-state index in [1.807, 2.05) is 14.0 Å². The lowest BCUT2D eigenvalue weighted by molar-refractivity contribution is -0.0894. The van der Waals surface area contributed by atoms with Gasteiger partial charge in [-0.2, -0.15) is 13.2 Å². The number of Topliss-reactive ketones (excluding diaryl/α,β-unsaturated/α-hetero) is 1. The molecule has 37 heavy (non-hydrogen) atoms. The van der Waals surface area contributed by atoms with E-state index in [-0.39, 0.29) is 36.6 Å². The lowest BCUT2D eigenvalue weighted by Gasteiger charge is -2.53. The lowest BCUT2D eigenvalue weighted by atomic mass is 9.80. The maximum Gasteiger partial charge on any atom is 0.456 e. The highest BCUT2D eigenvalue weighted by Crippen LogP contribution is 2.44. The monoisotopic (exact) mass is 540 g/mol. The zero-order valence-corrected chi connectivity index (χ0v) is 21.4. The quantitative estimate of drug-likeness (QED) is 0.588. The fourth-order valence-corrected chi connectivity index (χ4v) is 6.84. The van der Waals surface area contributed by atoms with Gasteiger partial charge in [0.1, 0.15) is 0 Å². The molecule has 1 N–H and O–H groups in total. The molecule has 1 spiro atoms. The summed E-state index contributed by atoms with van der Waals surface area (Å²) in [6.07, 6.45) is -2.33. The largest absolute Gasteiger partial charge is 0.456 e. The number of likely N-dealkylation sites (N-methyl/N-ethyl adjacent to an activating group) is 1. The van der Waals surface area contributed by atoms with Gasteiger partial charge in [0.15, 0.2) is 0 Å². The van der Waals surface area contributed by atoms with E-state index in [0.717, 1.165) is 12.8 Å². The Hall–Kier alpha value is -2.70. The van der Waals surface area contributed by atoms with Crippen molar-refractivity contribution < 1.29 is 32.6 Å². The summed E-state index contributed by atoms with van der Waals surface area (Å²) in [5.41, 5.74) is 0.0653. The summed E-state index contributed by atoms with van der Waals surface area (Å²) in [6.45, 7) is 2.92. The molecule has 5 rings (SSSR count). The Bertz CT molecular complexity index is 1330. The van der Waals surface area contributed by atoms with Crippen molar-refractivity contribution in [2.75, 3.05) is 20.1 Å². The van der Waals surface area contributed by atoms with Gasteiger partial charge in [-0.05, 0) is 76.1 Å². The van der Waals surface area contributed by atoms with Crippen LogP contribution in [0.15, 0.2) is 41.3 Å². The third-order valence-electron chi connectivity index (χ3n) is 7.92. The van der Waals surface area contributed by atoms with Crippen molar-refractivity contribution in [1.29, 1.82) is 0 Å². The molecule has 3 aliphatic rings. The molecule has 3 heterocycles. The molecule has 2 aliphatic heterocycles. The van der Waals surface area contributed by atoms with Crippen LogP contribution < -0.4 is 4.72 Å². The number of piperidine rings is 1. The van der Waals surface area contributed by atoms with E-state index in [4.69, 9.17) is 0 Å². The summed E-state index contributed by atoms with van der Waals surface area (Å²) in [6, 6.07) is 8.58. The van der Waals surface area contributed by atoms with Gasteiger partial charge in [-0.3, -0.25) is 14.5 Å². The van der Waals surface area contributed by atoms with E-state index in [1.165, 1.54) is 34.9 Å². The molecule has 2 aromatic rings. The minimum Gasteiger partial charge on any atom is -0.339 e. The van der Waals surface area contributed by atoms with E-state index in [1.54, 1.807) is 11.0 Å². The summed E-state index contributed by atoms with van der Waals surface area (Å²) >= 11 is 0. The van der Waals surface area contributed by atoms with Gasteiger partial charge in [0.25, 0.3) is 11.7 Å². The summed E-state index contributed by atoms with van der Waals surface area (Å²) in [7, 11) is -1.68. The minimum absolute atomic E-state index is 0. The number of sulfonamides is 1. The summed E-state index contributed by atoms with van der Waals surface area (Å²) in [4.78, 5) is 29.2. The number of amides is 1. The van der Waals surface area contributed by atoms with Crippen LogP contribution in [0.4, 0.5) is 13.2 Å². The van der Waals surface area contributed by atoms with Crippen molar-refractivity contribution in [3.05, 3.63) is 53.3 Å². The first-order valence-corrected chi connectivity index (χ1v) is 13.8. The normalized spacial score (nSPS) is 22.2. The highest BCUT2D eigenvalue weighted by atomic mass is 32.2. The smallest absolute Gasteiger partial charge is 0.339 e. The number of benzene rings is 1. The molecule has 1 aromatic carbocycles. The number of hydrogen-bond acceptors (Lipinski definition) is 5. The summed E-state index contributed by atoms with van der Waals surface area (Å²) in [5, 5.41) is 0. The Morgan fingerprint density at radius 1 is 1.05 bits per heavy atom. The average Bonchev–Trinajstić information content (AvgIpc) is 3.56. The molecule has 1 aromatic heterocycles.